The Bertz CT molecular complexity index is 766. The molecule has 0 saturated heterocycles. The summed E-state index contributed by atoms with van der Waals surface area (Å²) in [6, 6.07) is 9.10. The average molecular weight is 312 g/mol. The van der Waals surface area contributed by atoms with Crippen LogP contribution in [0.5, 0.6) is 0 Å². The Kier molecular flexibility index (Phi) is 4.13. The highest BCUT2D eigenvalue weighted by atomic mass is 16.5. The first-order valence-electron chi connectivity index (χ1n) is 7.21. The molecule has 8 heteroatoms. The van der Waals surface area contributed by atoms with Crippen LogP contribution >= 0.6 is 0 Å². The summed E-state index contributed by atoms with van der Waals surface area (Å²) < 4.78 is 5.34. The van der Waals surface area contributed by atoms with E-state index in [1.807, 2.05) is 44.2 Å². The molecule has 0 unspecified atom stereocenters. The van der Waals surface area contributed by atoms with E-state index in [1.54, 1.807) is 0 Å². The molecular formula is C15H16N6O2. The third-order valence-electron chi connectivity index (χ3n) is 3.34. The van der Waals surface area contributed by atoms with Crippen LogP contribution < -0.4 is 5.32 Å². The van der Waals surface area contributed by atoms with Crippen molar-refractivity contribution in [3.63, 3.8) is 0 Å². The highest BCUT2D eigenvalue weighted by Crippen LogP contribution is 2.23. The fourth-order valence-corrected chi connectivity index (χ4v) is 2.11. The summed E-state index contributed by atoms with van der Waals surface area (Å²) in [5.74, 6) is 0.560. The monoisotopic (exact) mass is 312 g/mol. The van der Waals surface area contributed by atoms with Crippen LogP contribution in [0.2, 0.25) is 0 Å². The summed E-state index contributed by atoms with van der Waals surface area (Å²) in [5.41, 5.74) is 1.06. The predicted octanol–water partition coefficient (Wildman–Crippen LogP) is 1.98. The van der Waals surface area contributed by atoms with Gasteiger partial charge in [0.1, 0.15) is 6.04 Å². The number of nitrogens with one attached hydrogen (secondary N) is 2. The molecule has 2 heterocycles. The van der Waals surface area contributed by atoms with Gasteiger partial charge in [-0.3, -0.25) is 4.79 Å². The van der Waals surface area contributed by atoms with Crippen LogP contribution in [0, 0.1) is 5.92 Å². The van der Waals surface area contributed by atoms with Crippen LogP contribution in [0.1, 0.15) is 36.3 Å². The molecule has 0 spiro atoms. The quantitative estimate of drug-likeness (QED) is 0.745. The van der Waals surface area contributed by atoms with Crippen molar-refractivity contribution in [2.45, 2.75) is 19.9 Å². The van der Waals surface area contributed by atoms with Gasteiger partial charge in [-0.2, -0.15) is 20.4 Å². The zero-order valence-corrected chi connectivity index (χ0v) is 12.7. The second-order valence-electron chi connectivity index (χ2n) is 5.37. The van der Waals surface area contributed by atoms with E-state index >= 15 is 0 Å². The van der Waals surface area contributed by atoms with Crippen molar-refractivity contribution >= 4 is 5.91 Å². The number of rotatable bonds is 5. The maximum absolute atomic E-state index is 12.1. The molecule has 1 aromatic carbocycles. The molecule has 0 fully saturated rings. The average Bonchev–Trinajstić information content (AvgIpc) is 3.24. The van der Waals surface area contributed by atoms with Gasteiger partial charge < -0.3 is 9.84 Å². The first kappa shape index (κ1) is 14.9. The van der Waals surface area contributed by atoms with Gasteiger partial charge in [0, 0.05) is 5.56 Å². The Labute approximate surface area is 132 Å². The van der Waals surface area contributed by atoms with Gasteiger partial charge in [-0.25, -0.2) is 0 Å². The minimum Gasteiger partial charge on any atom is -0.339 e. The van der Waals surface area contributed by atoms with Gasteiger partial charge in [-0.05, 0) is 5.92 Å². The lowest BCUT2D eigenvalue weighted by Crippen LogP contribution is -2.32. The van der Waals surface area contributed by atoms with Crippen molar-refractivity contribution in [1.29, 1.82) is 0 Å². The summed E-state index contributed by atoms with van der Waals surface area (Å²) in [4.78, 5) is 16.5. The number of aromatic amines is 1. The van der Waals surface area contributed by atoms with E-state index in [0.717, 1.165) is 5.56 Å². The van der Waals surface area contributed by atoms with Gasteiger partial charge in [0.05, 0.1) is 6.20 Å². The number of hydrogen-bond donors (Lipinski definition) is 2. The molecule has 1 atom stereocenters. The maximum Gasteiger partial charge on any atom is 0.274 e. The van der Waals surface area contributed by atoms with E-state index in [-0.39, 0.29) is 17.5 Å². The molecule has 1 amide bonds. The van der Waals surface area contributed by atoms with Gasteiger partial charge >= 0.3 is 0 Å². The second-order valence-corrected chi connectivity index (χ2v) is 5.37. The molecule has 3 aromatic rings. The first-order valence-corrected chi connectivity index (χ1v) is 7.21. The van der Waals surface area contributed by atoms with Gasteiger partial charge in [0.25, 0.3) is 5.91 Å². The summed E-state index contributed by atoms with van der Waals surface area (Å²) >= 11 is 0. The Morgan fingerprint density at radius 1 is 1.26 bits per heavy atom. The molecule has 2 aromatic heterocycles. The lowest BCUT2D eigenvalue weighted by atomic mass is 10.0. The summed E-state index contributed by atoms with van der Waals surface area (Å²) in [5, 5.41) is 16.6. The first-order chi connectivity index (χ1) is 11.1. The van der Waals surface area contributed by atoms with Gasteiger partial charge in [-0.1, -0.05) is 49.3 Å². The van der Waals surface area contributed by atoms with E-state index in [0.29, 0.717) is 11.7 Å². The smallest absolute Gasteiger partial charge is 0.274 e. The van der Waals surface area contributed by atoms with Crippen LogP contribution in [-0.4, -0.2) is 31.5 Å². The van der Waals surface area contributed by atoms with Crippen molar-refractivity contribution in [2.24, 2.45) is 5.92 Å². The minimum absolute atomic E-state index is 0.0647. The molecule has 118 valence electrons. The number of amides is 1. The fraction of sp³-hybridized carbons (Fsp3) is 0.267. The second kappa shape index (κ2) is 6.39. The lowest BCUT2D eigenvalue weighted by molar-refractivity contribution is 0.0908. The van der Waals surface area contributed by atoms with Crippen molar-refractivity contribution < 1.29 is 9.32 Å². The van der Waals surface area contributed by atoms with E-state index < -0.39 is 6.04 Å². The van der Waals surface area contributed by atoms with Crippen LogP contribution in [0.25, 0.3) is 11.4 Å². The van der Waals surface area contributed by atoms with Crippen LogP contribution in [0.15, 0.2) is 41.1 Å². The zero-order valence-electron chi connectivity index (χ0n) is 12.7. The van der Waals surface area contributed by atoms with Crippen molar-refractivity contribution in [2.75, 3.05) is 0 Å². The largest absolute Gasteiger partial charge is 0.339 e. The molecule has 8 nitrogen and oxygen atoms in total. The van der Waals surface area contributed by atoms with Crippen LogP contribution in [-0.2, 0) is 0 Å². The van der Waals surface area contributed by atoms with E-state index in [4.69, 9.17) is 4.52 Å². The number of carbonyl (C=O) groups excluding carboxylic acids is 1. The summed E-state index contributed by atoms with van der Waals surface area (Å²) in [6.07, 6.45) is 1.36. The third-order valence-corrected chi connectivity index (χ3v) is 3.34. The van der Waals surface area contributed by atoms with Gasteiger partial charge in [0.15, 0.2) is 5.69 Å². The molecular weight excluding hydrogens is 296 g/mol. The maximum atomic E-state index is 12.1. The number of nitrogens with zero attached hydrogens (tertiary/aromatic N) is 4. The summed E-state index contributed by atoms with van der Waals surface area (Å²) in [6.45, 7) is 3.92. The molecule has 0 bridgehead atoms. The highest BCUT2D eigenvalue weighted by Gasteiger charge is 2.26. The van der Waals surface area contributed by atoms with E-state index in [9.17, 15) is 4.79 Å². The van der Waals surface area contributed by atoms with Crippen LogP contribution in [0.3, 0.4) is 0 Å². The Morgan fingerprint density at radius 3 is 2.70 bits per heavy atom. The number of carbonyl (C=O) groups is 1. The number of H-pyrrole nitrogens is 1. The number of aromatic nitrogens is 5. The Hall–Kier alpha value is -3.03. The van der Waals surface area contributed by atoms with Crippen molar-refractivity contribution in [3.05, 3.63) is 48.1 Å². The fourth-order valence-electron chi connectivity index (χ4n) is 2.11. The molecule has 0 aliphatic rings. The molecule has 0 aliphatic carbocycles. The van der Waals surface area contributed by atoms with Crippen LogP contribution in [0.4, 0.5) is 0 Å². The third kappa shape index (κ3) is 3.25. The Morgan fingerprint density at radius 2 is 2.04 bits per heavy atom. The van der Waals surface area contributed by atoms with Gasteiger partial charge in [-0.15, -0.1) is 0 Å². The van der Waals surface area contributed by atoms with Crippen molar-refractivity contribution in [1.82, 2.24) is 30.9 Å². The lowest BCUT2D eigenvalue weighted by Gasteiger charge is -2.17. The Balaban J connectivity index is 1.82. The highest BCUT2D eigenvalue weighted by molar-refractivity contribution is 5.92. The molecule has 0 aliphatic heterocycles. The molecule has 3 rings (SSSR count). The topological polar surface area (TPSA) is 110 Å². The standard InChI is InChI=1S/C15H16N6O2/c1-9(2)12(17-14(22)11-8-16-21-19-11)15-18-13(20-23-15)10-6-4-3-5-7-10/h3-9,12H,1-2H3,(H,17,22)(H,16,19,21)/t12-/m0/s1. The molecule has 2 N–H and O–H groups in total. The van der Waals surface area contributed by atoms with Gasteiger partial charge in [0.2, 0.25) is 11.7 Å². The van der Waals surface area contributed by atoms with E-state index in [2.05, 4.69) is 30.9 Å². The zero-order chi connectivity index (χ0) is 16.2. The predicted molar refractivity (Wildman–Crippen MR) is 81.2 cm³/mol. The molecule has 23 heavy (non-hydrogen) atoms. The minimum atomic E-state index is -0.413. The SMILES string of the molecule is CC(C)[C@H](NC(=O)c1cn[nH]n1)c1nc(-c2ccccc2)no1. The number of hydrogen-bond acceptors (Lipinski definition) is 6. The summed E-state index contributed by atoms with van der Waals surface area (Å²) in [7, 11) is 0. The number of benzene rings is 1. The van der Waals surface area contributed by atoms with Crippen molar-refractivity contribution in [3.8, 4) is 11.4 Å². The van der Waals surface area contributed by atoms with E-state index in [1.165, 1.54) is 6.20 Å². The normalized spacial score (nSPS) is 12.3. The molecule has 0 saturated carbocycles. The molecule has 0 radical (unpaired) electrons.